The molecular weight excluding hydrogens is 406 g/mol. The van der Waals surface area contributed by atoms with Crippen molar-refractivity contribution in [3.8, 4) is 0 Å². The normalized spacial score (nSPS) is 43.1. The van der Waals surface area contributed by atoms with Gasteiger partial charge in [0.1, 0.15) is 0 Å². The number of oxime groups is 1. The second-order valence-corrected chi connectivity index (χ2v) is 11.8. The minimum absolute atomic E-state index is 0.296. The molecule has 180 valence electrons. The van der Waals surface area contributed by atoms with Gasteiger partial charge in [0.25, 0.3) is 0 Å². The van der Waals surface area contributed by atoms with E-state index < -0.39 is 11.9 Å². The standard InChI is InChI=1S/C26H41NO5/c1-16(4-9-23(28)29)20-7-8-21-19-6-5-17-14-18(27-32-15-24(30)31)10-12-25(17,2)22(19)11-13-26(20,21)3/h16-17,19-22H,4-15H2,1-3H3,(H,28,29)(H,30,31)/b27-18-/t16-,17-,19+,20-,21+,22+,25+,26-/m1/s1. The molecule has 0 unspecified atom stereocenters. The van der Waals surface area contributed by atoms with Gasteiger partial charge in [-0.3, -0.25) is 4.79 Å². The molecule has 0 spiro atoms. The van der Waals surface area contributed by atoms with Gasteiger partial charge in [-0.2, -0.15) is 0 Å². The van der Waals surface area contributed by atoms with E-state index in [-0.39, 0.29) is 6.61 Å². The molecule has 2 N–H and O–H groups in total. The Bertz CT molecular complexity index is 765. The third-order valence-electron chi connectivity index (χ3n) is 10.5. The van der Waals surface area contributed by atoms with E-state index in [4.69, 9.17) is 15.1 Å². The third-order valence-corrected chi connectivity index (χ3v) is 10.5. The third kappa shape index (κ3) is 4.19. The Morgan fingerprint density at radius 2 is 1.78 bits per heavy atom. The molecule has 6 heteroatoms. The number of carboxylic acid groups (broad SMARTS) is 2. The van der Waals surface area contributed by atoms with E-state index >= 15 is 0 Å². The van der Waals surface area contributed by atoms with Crippen LogP contribution < -0.4 is 0 Å². The minimum Gasteiger partial charge on any atom is -0.481 e. The molecule has 0 saturated heterocycles. The quantitative estimate of drug-likeness (QED) is 0.495. The van der Waals surface area contributed by atoms with Gasteiger partial charge in [0, 0.05) is 6.42 Å². The first-order valence-corrected chi connectivity index (χ1v) is 12.8. The molecule has 0 bridgehead atoms. The summed E-state index contributed by atoms with van der Waals surface area (Å²) in [5.41, 5.74) is 1.76. The molecule has 4 aliphatic rings. The van der Waals surface area contributed by atoms with E-state index in [1.165, 1.54) is 38.5 Å². The summed E-state index contributed by atoms with van der Waals surface area (Å²) in [6.45, 7) is 6.99. The van der Waals surface area contributed by atoms with Crippen molar-refractivity contribution in [1.29, 1.82) is 0 Å². The van der Waals surface area contributed by atoms with Gasteiger partial charge in [-0.1, -0.05) is 25.9 Å². The van der Waals surface area contributed by atoms with Crippen molar-refractivity contribution in [1.82, 2.24) is 0 Å². The number of hydrogen-bond donors (Lipinski definition) is 2. The van der Waals surface area contributed by atoms with Crippen LogP contribution in [-0.2, 0) is 14.4 Å². The summed E-state index contributed by atoms with van der Waals surface area (Å²) in [5, 5.41) is 22.1. The molecule has 0 aromatic rings. The fourth-order valence-electron chi connectivity index (χ4n) is 8.85. The van der Waals surface area contributed by atoms with Crippen LogP contribution >= 0.6 is 0 Å². The highest BCUT2D eigenvalue weighted by molar-refractivity contribution is 5.85. The monoisotopic (exact) mass is 447 g/mol. The fraction of sp³-hybridized carbons (Fsp3) is 0.885. The topological polar surface area (TPSA) is 96.2 Å². The highest BCUT2D eigenvalue weighted by Crippen LogP contribution is 2.68. The Morgan fingerprint density at radius 3 is 2.50 bits per heavy atom. The van der Waals surface area contributed by atoms with E-state index in [1.54, 1.807) is 0 Å². The van der Waals surface area contributed by atoms with Crippen molar-refractivity contribution in [3.05, 3.63) is 0 Å². The highest BCUT2D eigenvalue weighted by atomic mass is 16.6. The van der Waals surface area contributed by atoms with Gasteiger partial charge in [0.2, 0.25) is 6.61 Å². The van der Waals surface area contributed by atoms with Gasteiger partial charge >= 0.3 is 11.9 Å². The lowest BCUT2D eigenvalue weighted by molar-refractivity contribution is -0.142. The molecule has 4 rings (SSSR count). The fourth-order valence-corrected chi connectivity index (χ4v) is 8.85. The first kappa shape index (κ1) is 23.6. The van der Waals surface area contributed by atoms with Crippen molar-refractivity contribution < 1.29 is 24.6 Å². The average molecular weight is 448 g/mol. The smallest absolute Gasteiger partial charge is 0.344 e. The van der Waals surface area contributed by atoms with Crippen molar-refractivity contribution in [2.24, 2.45) is 51.5 Å². The van der Waals surface area contributed by atoms with Gasteiger partial charge in [-0.15, -0.1) is 0 Å². The Kier molecular flexibility index (Phi) is 6.61. The molecule has 6 nitrogen and oxygen atoms in total. The van der Waals surface area contributed by atoms with Crippen molar-refractivity contribution in [2.45, 2.75) is 91.4 Å². The molecule has 32 heavy (non-hydrogen) atoms. The van der Waals surface area contributed by atoms with Crippen LogP contribution in [0, 0.1) is 46.3 Å². The van der Waals surface area contributed by atoms with Gasteiger partial charge in [0.05, 0.1) is 5.71 Å². The average Bonchev–Trinajstić information content (AvgIpc) is 3.09. The number of rotatable bonds is 7. The molecule has 0 aromatic heterocycles. The van der Waals surface area contributed by atoms with Gasteiger partial charge in [0.15, 0.2) is 0 Å². The minimum atomic E-state index is -0.979. The Morgan fingerprint density at radius 1 is 1.03 bits per heavy atom. The van der Waals surface area contributed by atoms with Crippen LogP contribution in [-0.4, -0.2) is 34.5 Å². The lowest BCUT2D eigenvalue weighted by Gasteiger charge is -2.60. The zero-order valence-corrected chi connectivity index (χ0v) is 20.0. The molecule has 0 aliphatic heterocycles. The largest absolute Gasteiger partial charge is 0.481 e. The van der Waals surface area contributed by atoms with Crippen LogP contribution in [0.1, 0.15) is 91.4 Å². The molecule has 0 heterocycles. The van der Waals surface area contributed by atoms with Crippen LogP contribution in [0.4, 0.5) is 0 Å². The predicted molar refractivity (Wildman–Crippen MR) is 122 cm³/mol. The summed E-state index contributed by atoms with van der Waals surface area (Å²) >= 11 is 0. The summed E-state index contributed by atoms with van der Waals surface area (Å²) in [6, 6.07) is 0. The molecular formula is C26H41NO5. The van der Waals surface area contributed by atoms with Crippen molar-refractivity contribution >= 4 is 17.7 Å². The highest BCUT2D eigenvalue weighted by Gasteiger charge is 2.60. The van der Waals surface area contributed by atoms with Crippen LogP contribution in [0.15, 0.2) is 5.16 Å². The summed E-state index contributed by atoms with van der Waals surface area (Å²) in [6.07, 6.45) is 11.8. The van der Waals surface area contributed by atoms with Crippen LogP contribution in [0.5, 0.6) is 0 Å². The van der Waals surface area contributed by atoms with Crippen LogP contribution in [0.2, 0.25) is 0 Å². The molecule has 4 aliphatic carbocycles. The number of nitrogens with zero attached hydrogens (tertiary/aromatic N) is 1. The molecule has 8 atom stereocenters. The van der Waals surface area contributed by atoms with Gasteiger partial charge in [-0.25, -0.2) is 4.79 Å². The maximum atomic E-state index is 11.1. The van der Waals surface area contributed by atoms with Crippen molar-refractivity contribution in [2.75, 3.05) is 6.61 Å². The first-order valence-electron chi connectivity index (χ1n) is 12.8. The van der Waals surface area contributed by atoms with Crippen LogP contribution in [0.3, 0.4) is 0 Å². The van der Waals surface area contributed by atoms with E-state index in [0.717, 1.165) is 49.1 Å². The van der Waals surface area contributed by atoms with Crippen LogP contribution in [0.25, 0.3) is 0 Å². The lowest BCUT2D eigenvalue weighted by Crippen LogP contribution is -2.53. The molecule has 0 aromatic carbocycles. The first-order chi connectivity index (χ1) is 15.1. The van der Waals surface area contributed by atoms with E-state index in [1.807, 2.05) is 0 Å². The van der Waals surface area contributed by atoms with E-state index in [0.29, 0.717) is 35.0 Å². The Balaban J connectivity index is 1.44. The summed E-state index contributed by atoms with van der Waals surface area (Å²) in [4.78, 5) is 26.9. The van der Waals surface area contributed by atoms with Gasteiger partial charge in [-0.05, 0) is 111 Å². The Labute approximate surface area is 192 Å². The predicted octanol–water partition coefficient (Wildman–Crippen LogP) is 5.60. The van der Waals surface area contributed by atoms with Gasteiger partial charge < -0.3 is 15.1 Å². The Hall–Kier alpha value is -1.59. The SMILES string of the molecule is C[C@H](CCC(=O)O)[C@H]1CC[C@H]2[C@@H]3CC[C@@H]4C/C(=N\OCC(=O)O)CC[C@]4(C)[C@H]3CC[C@]12C. The number of aliphatic carboxylic acids is 2. The number of carbonyl (C=O) groups is 2. The number of carboxylic acids is 2. The van der Waals surface area contributed by atoms with E-state index in [9.17, 15) is 9.59 Å². The maximum absolute atomic E-state index is 11.1. The second kappa shape index (κ2) is 8.98. The zero-order chi connectivity index (χ0) is 23.1. The van der Waals surface area contributed by atoms with E-state index in [2.05, 4.69) is 25.9 Å². The number of fused-ring (bicyclic) bond motifs is 5. The summed E-state index contributed by atoms with van der Waals surface area (Å²) < 4.78 is 0. The zero-order valence-electron chi connectivity index (χ0n) is 20.0. The molecule has 0 amide bonds. The molecule has 4 fully saturated rings. The second-order valence-electron chi connectivity index (χ2n) is 11.8. The lowest BCUT2D eigenvalue weighted by atomic mass is 9.44. The summed E-state index contributed by atoms with van der Waals surface area (Å²) in [7, 11) is 0. The molecule has 0 radical (unpaired) electrons. The van der Waals surface area contributed by atoms with Crippen molar-refractivity contribution in [3.63, 3.8) is 0 Å². The number of hydrogen-bond acceptors (Lipinski definition) is 4. The molecule has 4 saturated carbocycles. The summed E-state index contributed by atoms with van der Waals surface area (Å²) in [5.74, 6) is 2.49. The maximum Gasteiger partial charge on any atom is 0.344 e.